The number of amides is 1. The summed E-state index contributed by atoms with van der Waals surface area (Å²) in [6.07, 6.45) is 0.902. The molecule has 0 saturated carbocycles. The first kappa shape index (κ1) is 26.6. The highest BCUT2D eigenvalue weighted by atomic mass is 32.2. The molecule has 10 heteroatoms. The predicted octanol–water partition coefficient (Wildman–Crippen LogP) is 1.62. The van der Waals surface area contributed by atoms with Crippen molar-refractivity contribution in [3.05, 3.63) is 53.7 Å². The average molecular weight is 502 g/mol. The van der Waals surface area contributed by atoms with Crippen LogP contribution in [0, 0.1) is 17.8 Å². The first-order valence-corrected chi connectivity index (χ1v) is 12.7. The van der Waals surface area contributed by atoms with E-state index in [1.54, 1.807) is 48.2 Å². The monoisotopic (exact) mass is 501 g/mol. The summed E-state index contributed by atoms with van der Waals surface area (Å²) in [4.78, 5) is 19.5. The van der Waals surface area contributed by atoms with Gasteiger partial charge < -0.3 is 19.5 Å². The van der Waals surface area contributed by atoms with E-state index in [0.29, 0.717) is 5.56 Å². The number of carbonyl (C=O) groups excluding carboxylic acids is 1. The Labute approximate surface area is 206 Å². The summed E-state index contributed by atoms with van der Waals surface area (Å²) in [5.74, 6) is 5.24. The van der Waals surface area contributed by atoms with Crippen molar-refractivity contribution in [2.24, 2.45) is 5.92 Å². The number of sulfonamides is 1. The van der Waals surface area contributed by atoms with Crippen LogP contribution in [0.2, 0.25) is 0 Å². The molecule has 0 fully saturated rings. The Morgan fingerprint density at radius 3 is 2.71 bits per heavy atom. The largest absolute Gasteiger partial charge is 0.472 e. The second-order valence-corrected chi connectivity index (χ2v) is 10.6. The van der Waals surface area contributed by atoms with Crippen LogP contribution in [-0.2, 0) is 14.8 Å². The maximum Gasteiger partial charge on any atom is 0.259 e. The van der Waals surface area contributed by atoms with Crippen LogP contribution in [0.25, 0.3) is 0 Å². The average Bonchev–Trinajstić information content (AvgIpc) is 2.86. The number of aromatic nitrogens is 1. The Hall–Kier alpha value is -2.97. The first-order valence-electron chi connectivity index (χ1n) is 11.3. The number of nitrogens with zero attached hydrogens (tertiary/aromatic N) is 3. The van der Waals surface area contributed by atoms with Crippen molar-refractivity contribution in [3.8, 4) is 17.7 Å². The number of aliphatic hydroxyl groups excluding tert-OH is 1. The molecule has 1 aromatic carbocycles. The molecule has 0 unspecified atom stereocenters. The minimum Gasteiger partial charge on any atom is -0.472 e. The van der Waals surface area contributed by atoms with Crippen LogP contribution in [0.5, 0.6) is 5.88 Å². The molecule has 188 valence electrons. The summed E-state index contributed by atoms with van der Waals surface area (Å²) in [6, 6.07) is 9.32. The van der Waals surface area contributed by atoms with Crippen molar-refractivity contribution in [2.75, 3.05) is 40.5 Å². The van der Waals surface area contributed by atoms with Gasteiger partial charge in [-0.1, -0.05) is 37.0 Å². The van der Waals surface area contributed by atoms with Gasteiger partial charge in [0.15, 0.2) is 0 Å². The zero-order chi connectivity index (χ0) is 25.6. The maximum atomic E-state index is 13.4. The van der Waals surface area contributed by atoms with Gasteiger partial charge in [-0.05, 0) is 25.1 Å². The Bertz CT molecular complexity index is 1190. The number of rotatable bonds is 7. The maximum absolute atomic E-state index is 13.4. The number of aliphatic hydroxyl groups is 1. The number of carbonyl (C=O) groups is 1. The van der Waals surface area contributed by atoms with Crippen molar-refractivity contribution in [1.29, 1.82) is 0 Å². The second kappa shape index (κ2) is 11.6. The Morgan fingerprint density at radius 2 is 2.06 bits per heavy atom. The van der Waals surface area contributed by atoms with E-state index in [-0.39, 0.29) is 54.5 Å². The molecule has 2 aromatic rings. The van der Waals surface area contributed by atoms with Gasteiger partial charge in [0.2, 0.25) is 15.9 Å². The molecule has 1 aromatic heterocycles. The minimum absolute atomic E-state index is 0.0461. The molecular weight excluding hydrogens is 470 g/mol. The van der Waals surface area contributed by atoms with E-state index in [4.69, 9.17) is 9.47 Å². The predicted molar refractivity (Wildman–Crippen MR) is 130 cm³/mol. The molecule has 0 radical (unpaired) electrons. The SMILES string of the molecule is COCC#Cc1cnc2c(c1)C(=O)N([C@H](C)CO)C[C@@H](C)[C@@H](CN(C)S(=O)(=O)c1ccccc1)O2. The van der Waals surface area contributed by atoms with E-state index >= 15 is 0 Å². The molecule has 3 rings (SSSR count). The highest BCUT2D eigenvalue weighted by molar-refractivity contribution is 7.89. The third-order valence-electron chi connectivity index (χ3n) is 5.86. The van der Waals surface area contributed by atoms with Gasteiger partial charge >= 0.3 is 0 Å². The summed E-state index contributed by atoms with van der Waals surface area (Å²) in [5, 5.41) is 9.78. The highest BCUT2D eigenvalue weighted by Gasteiger charge is 2.35. The van der Waals surface area contributed by atoms with Gasteiger partial charge in [-0.15, -0.1) is 0 Å². The lowest BCUT2D eigenvalue weighted by molar-refractivity contribution is 0.0373. The zero-order valence-corrected chi connectivity index (χ0v) is 21.2. The Morgan fingerprint density at radius 1 is 1.34 bits per heavy atom. The molecule has 9 nitrogen and oxygen atoms in total. The normalized spacial score (nSPS) is 19.1. The standard InChI is InChI=1S/C25H31N3O6S/c1-18-15-28(19(2)17-29)25(30)22-13-20(9-8-12-33-4)14-26-24(22)34-23(18)16-27(3)35(31,32)21-10-6-5-7-11-21/h5-7,10-11,13-14,18-19,23,29H,12,15-17H2,1-4H3/t18-,19-,23-/m1/s1. The van der Waals surface area contributed by atoms with Gasteiger partial charge in [-0.25, -0.2) is 13.4 Å². The molecule has 1 aliphatic heterocycles. The van der Waals surface area contributed by atoms with E-state index in [1.165, 1.54) is 24.7 Å². The molecule has 0 bridgehead atoms. The lowest BCUT2D eigenvalue weighted by Crippen LogP contribution is -2.50. The van der Waals surface area contributed by atoms with Gasteiger partial charge in [0.1, 0.15) is 18.3 Å². The van der Waals surface area contributed by atoms with E-state index in [0.717, 1.165) is 0 Å². The van der Waals surface area contributed by atoms with Gasteiger partial charge in [0.05, 0.1) is 24.1 Å². The van der Waals surface area contributed by atoms with Crippen LogP contribution in [0.1, 0.15) is 29.8 Å². The molecule has 0 aliphatic carbocycles. The van der Waals surface area contributed by atoms with E-state index < -0.39 is 22.2 Å². The molecule has 1 aliphatic rings. The highest BCUT2D eigenvalue weighted by Crippen LogP contribution is 2.28. The van der Waals surface area contributed by atoms with Crippen LogP contribution >= 0.6 is 0 Å². The van der Waals surface area contributed by atoms with Gasteiger partial charge in [0.25, 0.3) is 5.91 Å². The van der Waals surface area contributed by atoms with Crippen LogP contribution < -0.4 is 4.74 Å². The molecule has 0 spiro atoms. The fraction of sp³-hybridized carbons (Fsp3) is 0.440. The van der Waals surface area contributed by atoms with Crippen molar-refractivity contribution < 1.29 is 27.8 Å². The molecule has 1 amide bonds. The second-order valence-electron chi connectivity index (χ2n) is 8.53. The molecule has 1 N–H and O–H groups in total. The minimum atomic E-state index is -3.74. The van der Waals surface area contributed by atoms with Crippen molar-refractivity contribution in [1.82, 2.24) is 14.2 Å². The smallest absolute Gasteiger partial charge is 0.259 e. The van der Waals surface area contributed by atoms with Crippen LogP contribution in [0.4, 0.5) is 0 Å². The number of pyridine rings is 1. The fourth-order valence-electron chi connectivity index (χ4n) is 3.72. The Kier molecular flexibility index (Phi) is 8.86. The van der Waals surface area contributed by atoms with Gasteiger partial charge in [0, 0.05) is 38.4 Å². The van der Waals surface area contributed by atoms with Crippen LogP contribution in [0.3, 0.4) is 0 Å². The summed E-state index contributed by atoms with van der Waals surface area (Å²) in [7, 11) is -0.706. The summed E-state index contributed by atoms with van der Waals surface area (Å²) >= 11 is 0. The molecule has 35 heavy (non-hydrogen) atoms. The van der Waals surface area contributed by atoms with E-state index in [1.807, 2.05) is 6.92 Å². The lowest BCUT2D eigenvalue weighted by Gasteiger charge is -2.37. The number of ether oxygens (including phenoxy) is 2. The topological polar surface area (TPSA) is 109 Å². The van der Waals surface area contributed by atoms with Crippen molar-refractivity contribution in [2.45, 2.75) is 30.9 Å². The number of benzene rings is 1. The Balaban J connectivity index is 1.97. The summed E-state index contributed by atoms with van der Waals surface area (Å²) in [6.45, 7) is 3.96. The summed E-state index contributed by atoms with van der Waals surface area (Å²) in [5.41, 5.74) is 0.725. The van der Waals surface area contributed by atoms with Crippen LogP contribution in [0.15, 0.2) is 47.5 Å². The molecular formula is C25H31N3O6S. The van der Waals surface area contributed by atoms with Crippen LogP contribution in [-0.4, -0.2) is 86.2 Å². The number of likely N-dealkylation sites (N-methyl/N-ethyl adjacent to an activating group) is 1. The number of hydrogen-bond donors (Lipinski definition) is 1. The lowest BCUT2D eigenvalue weighted by atomic mass is 10.0. The fourth-order valence-corrected chi connectivity index (χ4v) is 4.93. The number of fused-ring (bicyclic) bond motifs is 1. The van der Waals surface area contributed by atoms with Gasteiger partial charge in [-0.2, -0.15) is 4.31 Å². The van der Waals surface area contributed by atoms with Crippen molar-refractivity contribution in [3.63, 3.8) is 0 Å². The zero-order valence-electron chi connectivity index (χ0n) is 20.3. The summed E-state index contributed by atoms with van der Waals surface area (Å²) < 4.78 is 38.5. The molecule has 2 heterocycles. The molecule has 3 atom stereocenters. The van der Waals surface area contributed by atoms with Gasteiger partial charge in [-0.3, -0.25) is 4.79 Å². The third kappa shape index (κ3) is 6.18. The van der Waals surface area contributed by atoms with E-state index in [9.17, 15) is 18.3 Å². The number of hydrogen-bond acceptors (Lipinski definition) is 7. The molecule has 0 saturated heterocycles. The third-order valence-corrected chi connectivity index (χ3v) is 7.70. The quantitative estimate of drug-likeness (QED) is 0.574. The van der Waals surface area contributed by atoms with E-state index in [2.05, 4.69) is 16.8 Å². The van der Waals surface area contributed by atoms with Crippen molar-refractivity contribution >= 4 is 15.9 Å². The number of methoxy groups -OCH3 is 1. The first-order chi connectivity index (χ1) is 16.7.